The number of halogens is 3. The first-order chi connectivity index (χ1) is 12.4. The number of amides is 1. The summed E-state index contributed by atoms with van der Waals surface area (Å²) >= 11 is 19.7. The lowest BCUT2D eigenvalue weighted by Gasteiger charge is -2.06. The maximum atomic E-state index is 13.0. The molecule has 3 rings (SSSR count). The van der Waals surface area contributed by atoms with E-state index >= 15 is 0 Å². The van der Waals surface area contributed by atoms with E-state index in [0.29, 0.717) is 29.7 Å². The standard InChI is InChI=1S/C16H10Cl2FN3OS3/c17-9-1-6-12(18)13(7-9)20-14(23)8-25-15-21-22(16(24)26-15)11-4-2-10(19)3-5-11/h1-7H,8H2,(H,20,23). The van der Waals surface area contributed by atoms with Gasteiger partial charge in [0.1, 0.15) is 5.82 Å². The zero-order valence-corrected chi connectivity index (χ0v) is 16.9. The number of carbonyl (C=O) groups excluding carboxylic acids is 1. The van der Waals surface area contributed by atoms with Gasteiger partial charge in [0.25, 0.3) is 0 Å². The molecule has 0 fully saturated rings. The molecule has 26 heavy (non-hydrogen) atoms. The van der Waals surface area contributed by atoms with E-state index in [0.717, 1.165) is 0 Å². The van der Waals surface area contributed by atoms with E-state index < -0.39 is 0 Å². The van der Waals surface area contributed by atoms with Crippen molar-refractivity contribution in [2.24, 2.45) is 0 Å². The summed E-state index contributed by atoms with van der Waals surface area (Å²) in [7, 11) is 0. The highest BCUT2D eigenvalue weighted by molar-refractivity contribution is 8.01. The van der Waals surface area contributed by atoms with Gasteiger partial charge in [-0.3, -0.25) is 4.79 Å². The third-order valence-corrected chi connectivity index (χ3v) is 6.06. The van der Waals surface area contributed by atoms with Crippen molar-refractivity contribution in [2.75, 3.05) is 11.1 Å². The molecule has 0 atom stereocenters. The second-order valence-electron chi connectivity index (χ2n) is 4.98. The smallest absolute Gasteiger partial charge is 0.234 e. The summed E-state index contributed by atoms with van der Waals surface area (Å²) in [5, 5.41) is 7.96. The van der Waals surface area contributed by atoms with Gasteiger partial charge < -0.3 is 5.32 Å². The van der Waals surface area contributed by atoms with E-state index in [1.54, 1.807) is 30.3 Å². The molecule has 0 saturated heterocycles. The van der Waals surface area contributed by atoms with Gasteiger partial charge in [0.2, 0.25) is 5.91 Å². The molecule has 0 radical (unpaired) electrons. The van der Waals surface area contributed by atoms with Gasteiger partial charge in [-0.05, 0) is 54.7 Å². The van der Waals surface area contributed by atoms with Crippen LogP contribution in [0.25, 0.3) is 5.69 Å². The Bertz CT molecular complexity index is 1000. The Hall–Kier alpha value is -1.45. The molecule has 10 heteroatoms. The van der Waals surface area contributed by atoms with Crippen molar-refractivity contribution < 1.29 is 9.18 Å². The molecule has 0 spiro atoms. The molecule has 2 aromatic carbocycles. The van der Waals surface area contributed by atoms with Crippen LogP contribution < -0.4 is 5.32 Å². The summed E-state index contributed by atoms with van der Waals surface area (Å²) < 4.78 is 15.7. The molecule has 1 N–H and O–H groups in total. The molecular formula is C16H10Cl2FN3OS3. The molecule has 0 unspecified atom stereocenters. The van der Waals surface area contributed by atoms with E-state index in [1.165, 1.54) is 39.9 Å². The second kappa shape index (κ2) is 8.49. The zero-order valence-electron chi connectivity index (χ0n) is 12.9. The first kappa shape index (κ1) is 19.3. The first-order valence-electron chi connectivity index (χ1n) is 7.16. The molecule has 1 aromatic heterocycles. The lowest BCUT2D eigenvalue weighted by molar-refractivity contribution is -0.113. The Labute approximate surface area is 171 Å². The number of rotatable bonds is 5. The summed E-state index contributed by atoms with van der Waals surface area (Å²) in [6.45, 7) is 0. The van der Waals surface area contributed by atoms with Crippen LogP contribution in [0, 0.1) is 9.77 Å². The van der Waals surface area contributed by atoms with Crippen LogP contribution in [-0.4, -0.2) is 21.4 Å². The highest BCUT2D eigenvalue weighted by Gasteiger charge is 2.11. The summed E-state index contributed by atoms with van der Waals surface area (Å²) in [6.07, 6.45) is 0. The maximum absolute atomic E-state index is 13.0. The second-order valence-corrected chi connectivity index (χ2v) is 8.67. The lowest BCUT2D eigenvalue weighted by atomic mass is 10.3. The van der Waals surface area contributed by atoms with E-state index in [4.69, 9.17) is 35.4 Å². The number of benzene rings is 2. The van der Waals surface area contributed by atoms with Crippen molar-refractivity contribution >= 4 is 70.1 Å². The lowest BCUT2D eigenvalue weighted by Crippen LogP contribution is -2.14. The minimum atomic E-state index is -0.332. The van der Waals surface area contributed by atoms with Gasteiger partial charge in [-0.1, -0.05) is 46.3 Å². The Morgan fingerprint density at radius 2 is 2.00 bits per heavy atom. The minimum Gasteiger partial charge on any atom is -0.324 e. The molecule has 1 amide bonds. The van der Waals surface area contributed by atoms with Crippen LogP contribution in [0.15, 0.2) is 46.8 Å². The number of nitrogens with zero attached hydrogens (tertiary/aromatic N) is 2. The summed E-state index contributed by atoms with van der Waals surface area (Å²) in [5.41, 5.74) is 1.11. The predicted molar refractivity (Wildman–Crippen MR) is 108 cm³/mol. The Morgan fingerprint density at radius 3 is 2.73 bits per heavy atom. The van der Waals surface area contributed by atoms with Crippen molar-refractivity contribution in [1.82, 2.24) is 9.78 Å². The number of hydrogen-bond donors (Lipinski definition) is 1. The number of nitrogens with one attached hydrogen (secondary N) is 1. The van der Waals surface area contributed by atoms with Crippen molar-refractivity contribution in [3.63, 3.8) is 0 Å². The number of thioether (sulfide) groups is 1. The maximum Gasteiger partial charge on any atom is 0.234 e. The number of hydrogen-bond acceptors (Lipinski definition) is 5. The SMILES string of the molecule is O=C(CSc1nn(-c2ccc(F)cc2)c(=S)s1)Nc1cc(Cl)ccc1Cl. The Kier molecular flexibility index (Phi) is 6.31. The Morgan fingerprint density at radius 1 is 1.27 bits per heavy atom. The highest BCUT2D eigenvalue weighted by atomic mass is 35.5. The molecule has 4 nitrogen and oxygen atoms in total. The zero-order chi connectivity index (χ0) is 18.7. The fraction of sp³-hybridized carbons (Fsp3) is 0.0625. The molecule has 0 aliphatic heterocycles. The Balaban J connectivity index is 1.65. The van der Waals surface area contributed by atoms with Gasteiger partial charge in [0, 0.05) is 5.02 Å². The number of anilines is 1. The third-order valence-electron chi connectivity index (χ3n) is 3.13. The van der Waals surface area contributed by atoms with Gasteiger partial charge in [-0.2, -0.15) is 0 Å². The third kappa shape index (κ3) is 4.83. The van der Waals surface area contributed by atoms with Crippen molar-refractivity contribution in [2.45, 2.75) is 4.34 Å². The van der Waals surface area contributed by atoms with Crippen LogP contribution in [0.2, 0.25) is 10.0 Å². The van der Waals surface area contributed by atoms with Gasteiger partial charge in [0.05, 0.1) is 22.2 Å². The van der Waals surface area contributed by atoms with E-state index in [-0.39, 0.29) is 17.5 Å². The monoisotopic (exact) mass is 445 g/mol. The van der Waals surface area contributed by atoms with Gasteiger partial charge in [-0.25, -0.2) is 9.07 Å². The topological polar surface area (TPSA) is 46.9 Å². The average Bonchev–Trinajstić information content (AvgIpc) is 2.98. The van der Waals surface area contributed by atoms with E-state index in [9.17, 15) is 9.18 Å². The van der Waals surface area contributed by atoms with Gasteiger partial charge >= 0.3 is 0 Å². The largest absolute Gasteiger partial charge is 0.324 e. The van der Waals surface area contributed by atoms with Crippen LogP contribution in [0.1, 0.15) is 0 Å². The summed E-state index contributed by atoms with van der Waals surface area (Å²) in [5.74, 6) is -0.441. The molecule has 134 valence electrons. The quantitative estimate of drug-likeness (QED) is 0.395. The van der Waals surface area contributed by atoms with Crippen molar-refractivity contribution in [3.8, 4) is 5.69 Å². The molecular weight excluding hydrogens is 436 g/mol. The summed E-state index contributed by atoms with van der Waals surface area (Å²) in [4.78, 5) is 12.1. The van der Waals surface area contributed by atoms with E-state index in [2.05, 4.69) is 10.4 Å². The molecule has 0 bridgehead atoms. The minimum absolute atomic E-state index is 0.133. The summed E-state index contributed by atoms with van der Waals surface area (Å²) in [6, 6.07) is 10.7. The first-order valence-corrected chi connectivity index (χ1v) is 10.1. The normalized spacial score (nSPS) is 10.7. The van der Waals surface area contributed by atoms with Crippen LogP contribution in [0.3, 0.4) is 0 Å². The molecule has 3 aromatic rings. The fourth-order valence-electron chi connectivity index (χ4n) is 1.97. The molecule has 0 saturated carbocycles. The molecule has 0 aliphatic rings. The van der Waals surface area contributed by atoms with E-state index in [1.807, 2.05) is 0 Å². The van der Waals surface area contributed by atoms with Gasteiger partial charge in [-0.15, -0.1) is 5.10 Å². The average molecular weight is 446 g/mol. The van der Waals surface area contributed by atoms with Crippen molar-refractivity contribution in [3.05, 3.63) is 62.3 Å². The van der Waals surface area contributed by atoms with Gasteiger partial charge in [0.15, 0.2) is 8.29 Å². The van der Waals surface area contributed by atoms with Crippen LogP contribution in [0.5, 0.6) is 0 Å². The van der Waals surface area contributed by atoms with Crippen LogP contribution >= 0.6 is 58.5 Å². The highest BCUT2D eigenvalue weighted by Crippen LogP contribution is 2.27. The number of aromatic nitrogens is 2. The number of carbonyl (C=O) groups is 1. The molecule has 1 heterocycles. The molecule has 0 aliphatic carbocycles. The fourth-order valence-corrected chi connectivity index (χ4v) is 4.47. The van der Waals surface area contributed by atoms with Crippen LogP contribution in [0.4, 0.5) is 10.1 Å². The predicted octanol–water partition coefficient (Wildman–Crippen LogP) is 5.84. The van der Waals surface area contributed by atoms with Crippen LogP contribution in [-0.2, 0) is 4.79 Å². The van der Waals surface area contributed by atoms with Crippen molar-refractivity contribution in [1.29, 1.82) is 0 Å².